The Balaban J connectivity index is 1.75. The summed E-state index contributed by atoms with van der Waals surface area (Å²) in [7, 11) is 0. The zero-order valence-electron chi connectivity index (χ0n) is 12.7. The van der Waals surface area contributed by atoms with Crippen LogP contribution in [0.3, 0.4) is 0 Å². The van der Waals surface area contributed by atoms with Gasteiger partial charge in [0.2, 0.25) is 0 Å². The van der Waals surface area contributed by atoms with E-state index in [4.69, 9.17) is 4.74 Å². The third kappa shape index (κ3) is 3.69. The summed E-state index contributed by atoms with van der Waals surface area (Å²) in [5.41, 5.74) is 0.749. The van der Waals surface area contributed by atoms with Gasteiger partial charge in [0.1, 0.15) is 23.8 Å². The minimum atomic E-state index is -2.54. The van der Waals surface area contributed by atoms with Crippen molar-refractivity contribution >= 4 is 5.91 Å². The highest BCUT2D eigenvalue weighted by molar-refractivity contribution is 5.92. The smallest absolute Gasteiger partial charge is 0.272 e. The highest BCUT2D eigenvalue weighted by Gasteiger charge is 2.23. The first-order valence-electron chi connectivity index (χ1n) is 7.57. The maximum atomic E-state index is 13.3. The lowest BCUT2D eigenvalue weighted by atomic mass is 10.0. The van der Waals surface area contributed by atoms with E-state index < -0.39 is 24.7 Å². The molecule has 128 valence electrons. The zero-order chi connectivity index (χ0) is 17.1. The molecule has 8 heteroatoms. The molecule has 24 heavy (non-hydrogen) atoms. The van der Waals surface area contributed by atoms with E-state index in [0.29, 0.717) is 30.8 Å². The molecule has 1 aromatic carbocycles. The van der Waals surface area contributed by atoms with Gasteiger partial charge in [0.25, 0.3) is 12.3 Å². The maximum absolute atomic E-state index is 13.3. The van der Waals surface area contributed by atoms with Crippen molar-refractivity contribution in [2.45, 2.75) is 31.9 Å². The first-order chi connectivity index (χ1) is 11.5. The lowest BCUT2D eigenvalue weighted by molar-refractivity contribution is 0.0924. The monoisotopic (exact) mass is 339 g/mol. The molecular weight excluding hydrogens is 323 g/mol. The topological polar surface area (TPSA) is 56.1 Å². The number of aromatic nitrogens is 2. The first-order valence-corrected chi connectivity index (χ1v) is 7.57. The van der Waals surface area contributed by atoms with Gasteiger partial charge in [0.05, 0.1) is 12.6 Å². The van der Waals surface area contributed by atoms with Crippen LogP contribution in [0.5, 0.6) is 5.75 Å². The highest BCUT2D eigenvalue weighted by atomic mass is 19.3. The molecule has 0 saturated carbocycles. The maximum Gasteiger partial charge on any atom is 0.272 e. The van der Waals surface area contributed by atoms with Crippen LogP contribution in [0, 0.1) is 5.82 Å². The highest BCUT2D eigenvalue weighted by Crippen LogP contribution is 2.32. The molecule has 1 atom stereocenters. The van der Waals surface area contributed by atoms with E-state index in [1.54, 1.807) is 6.07 Å². The Kier molecular flexibility index (Phi) is 4.73. The summed E-state index contributed by atoms with van der Waals surface area (Å²) in [5.74, 6) is -0.474. The van der Waals surface area contributed by atoms with Crippen molar-refractivity contribution in [3.63, 3.8) is 0 Å². The Morgan fingerprint density at radius 1 is 1.42 bits per heavy atom. The summed E-state index contributed by atoms with van der Waals surface area (Å²) in [5, 5.41) is 6.66. The van der Waals surface area contributed by atoms with Crippen LogP contribution in [-0.2, 0) is 6.54 Å². The Hall–Kier alpha value is -2.51. The van der Waals surface area contributed by atoms with Gasteiger partial charge in [0.15, 0.2) is 0 Å². The number of fused-ring (bicyclic) bond motifs is 1. The lowest BCUT2D eigenvalue weighted by Gasteiger charge is -2.17. The Bertz CT molecular complexity index is 733. The third-order valence-corrected chi connectivity index (χ3v) is 3.75. The molecule has 0 fully saturated rings. The fraction of sp³-hybridized carbons (Fsp3) is 0.375. The molecule has 2 heterocycles. The number of halogens is 3. The van der Waals surface area contributed by atoms with Crippen molar-refractivity contribution in [3.05, 3.63) is 47.5 Å². The summed E-state index contributed by atoms with van der Waals surface area (Å²) in [6.07, 6.45) is 0.116. The Labute approximate surface area is 136 Å². The molecule has 0 bridgehead atoms. The quantitative estimate of drug-likeness (QED) is 0.932. The molecule has 5 nitrogen and oxygen atoms in total. The molecule has 2 aromatic rings. The van der Waals surface area contributed by atoms with Crippen LogP contribution < -0.4 is 10.1 Å². The zero-order valence-corrected chi connectivity index (χ0v) is 12.7. The van der Waals surface area contributed by atoms with E-state index >= 15 is 0 Å². The van der Waals surface area contributed by atoms with Crippen LogP contribution in [0.25, 0.3) is 0 Å². The standard InChI is InChI=1S/C16H16F3N3O2/c17-10-3-4-11-12(2-1-7-24-14(11)8-10)20-16(23)13-5-6-22(21-13)9-15(18)19/h3-6,8,12,15H,1-2,7,9H2,(H,20,23). The summed E-state index contributed by atoms with van der Waals surface area (Å²) in [4.78, 5) is 12.3. The Morgan fingerprint density at radius 2 is 2.25 bits per heavy atom. The number of amides is 1. The fourth-order valence-electron chi connectivity index (χ4n) is 2.65. The van der Waals surface area contributed by atoms with E-state index in [-0.39, 0.29) is 11.7 Å². The molecule has 1 amide bonds. The van der Waals surface area contributed by atoms with E-state index in [9.17, 15) is 18.0 Å². The van der Waals surface area contributed by atoms with E-state index in [2.05, 4.69) is 10.4 Å². The number of carbonyl (C=O) groups is 1. The van der Waals surface area contributed by atoms with Crippen LogP contribution >= 0.6 is 0 Å². The second-order valence-corrected chi connectivity index (χ2v) is 5.51. The fourth-order valence-corrected chi connectivity index (χ4v) is 2.65. The number of ether oxygens (including phenoxy) is 1. The molecule has 3 rings (SSSR count). The van der Waals surface area contributed by atoms with Crippen LogP contribution in [0.2, 0.25) is 0 Å². The van der Waals surface area contributed by atoms with E-state index in [0.717, 1.165) is 4.68 Å². The number of rotatable bonds is 4. The second kappa shape index (κ2) is 6.94. The van der Waals surface area contributed by atoms with Crippen molar-refractivity contribution in [2.75, 3.05) is 6.61 Å². The predicted octanol–water partition coefficient (Wildman–Crippen LogP) is 2.93. The molecular formula is C16H16F3N3O2. The van der Waals surface area contributed by atoms with Gasteiger partial charge in [0, 0.05) is 17.8 Å². The van der Waals surface area contributed by atoms with Gasteiger partial charge in [-0.25, -0.2) is 13.2 Å². The number of hydrogen-bond acceptors (Lipinski definition) is 3. The van der Waals surface area contributed by atoms with Gasteiger partial charge < -0.3 is 10.1 Å². The average molecular weight is 339 g/mol. The second-order valence-electron chi connectivity index (χ2n) is 5.51. The van der Waals surface area contributed by atoms with Crippen molar-refractivity contribution in [1.82, 2.24) is 15.1 Å². The van der Waals surface area contributed by atoms with Crippen molar-refractivity contribution in [1.29, 1.82) is 0 Å². The third-order valence-electron chi connectivity index (χ3n) is 3.75. The largest absolute Gasteiger partial charge is 0.493 e. The van der Waals surface area contributed by atoms with Gasteiger partial charge in [-0.05, 0) is 25.0 Å². The predicted molar refractivity (Wildman–Crippen MR) is 79.6 cm³/mol. The lowest BCUT2D eigenvalue weighted by Crippen LogP contribution is -2.29. The van der Waals surface area contributed by atoms with Gasteiger partial charge in [-0.3, -0.25) is 9.48 Å². The van der Waals surface area contributed by atoms with Crippen molar-refractivity contribution < 1.29 is 22.7 Å². The molecule has 0 radical (unpaired) electrons. The normalized spacial score (nSPS) is 17.1. The minimum absolute atomic E-state index is 0.0597. The molecule has 1 aromatic heterocycles. The molecule has 1 unspecified atom stereocenters. The van der Waals surface area contributed by atoms with Crippen LogP contribution in [-0.4, -0.2) is 28.7 Å². The molecule has 0 saturated heterocycles. The SMILES string of the molecule is O=C(NC1CCCOc2cc(F)ccc21)c1ccn(CC(F)F)n1. The number of hydrogen-bond donors (Lipinski definition) is 1. The number of nitrogens with zero attached hydrogens (tertiary/aromatic N) is 2. The first kappa shape index (κ1) is 16.4. The number of nitrogens with one attached hydrogen (secondary N) is 1. The van der Waals surface area contributed by atoms with Crippen LogP contribution in [0.15, 0.2) is 30.5 Å². The Morgan fingerprint density at radius 3 is 3.04 bits per heavy atom. The van der Waals surface area contributed by atoms with Gasteiger partial charge >= 0.3 is 0 Å². The minimum Gasteiger partial charge on any atom is -0.493 e. The van der Waals surface area contributed by atoms with Gasteiger partial charge in [-0.2, -0.15) is 5.10 Å². The molecule has 1 aliphatic heterocycles. The van der Waals surface area contributed by atoms with E-state index in [1.165, 1.54) is 24.4 Å². The number of alkyl halides is 2. The number of carbonyl (C=O) groups excluding carboxylic acids is 1. The summed E-state index contributed by atoms with van der Waals surface area (Å²) < 4.78 is 44.6. The van der Waals surface area contributed by atoms with Crippen molar-refractivity contribution in [2.24, 2.45) is 0 Å². The summed E-state index contributed by atoms with van der Waals surface area (Å²) >= 11 is 0. The molecule has 0 spiro atoms. The van der Waals surface area contributed by atoms with Gasteiger partial charge in [-0.15, -0.1) is 0 Å². The van der Waals surface area contributed by atoms with E-state index in [1.807, 2.05) is 0 Å². The van der Waals surface area contributed by atoms with Gasteiger partial charge in [-0.1, -0.05) is 6.07 Å². The van der Waals surface area contributed by atoms with Crippen LogP contribution in [0.1, 0.15) is 34.9 Å². The summed E-state index contributed by atoms with van der Waals surface area (Å²) in [6.45, 7) is -0.126. The summed E-state index contributed by atoms with van der Waals surface area (Å²) in [6, 6.07) is 5.21. The van der Waals surface area contributed by atoms with Crippen LogP contribution in [0.4, 0.5) is 13.2 Å². The van der Waals surface area contributed by atoms with Crippen molar-refractivity contribution in [3.8, 4) is 5.75 Å². The molecule has 1 aliphatic rings. The average Bonchev–Trinajstić information content (AvgIpc) is 2.89. The number of benzene rings is 1. The molecule has 1 N–H and O–H groups in total. The molecule has 0 aliphatic carbocycles.